The minimum atomic E-state index is -0.345. The first-order chi connectivity index (χ1) is 21.0. The lowest BCUT2D eigenvalue weighted by atomic mass is 10.1. The van der Waals surface area contributed by atoms with Crippen LogP contribution in [0.4, 0.5) is 5.69 Å². The number of nitrogens with zero attached hydrogens (tertiary/aromatic N) is 2. The van der Waals surface area contributed by atoms with Crippen LogP contribution in [0.15, 0.2) is 95.8 Å². The number of benzene rings is 4. The molecule has 0 fully saturated rings. The Balaban J connectivity index is 0.00000207. The Morgan fingerprint density at radius 1 is 0.860 bits per heavy atom. The van der Waals surface area contributed by atoms with E-state index >= 15 is 0 Å². The molecule has 224 valence electrons. The third-order valence-electron chi connectivity index (χ3n) is 7.05. The van der Waals surface area contributed by atoms with E-state index in [0.29, 0.717) is 45.4 Å². The van der Waals surface area contributed by atoms with Gasteiger partial charge in [0.15, 0.2) is 5.43 Å². The van der Waals surface area contributed by atoms with E-state index in [1.165, 1.54) is 17.4 Å². The van der Waals surface area contributed by atoms with E-state index in [0.717, 1.165) is 32.4 Å². The van der Waals surface area contributed by atoms with Gasteiger partial charge in [0.1, 0.15) is 30.7 Å². The Kier molecular flexibility index (Phi) is 10.7. The highest BCUT2D eigenvalue weighted by molar-refractivity contribution is 6.13. The van der Waals surface area contributed by atoms with Gasteiger partial charge in [-0.3, -0.25) is 9.59 Å². The van der Waals surface area contributed by atoms with E-state index in [1.54, 1.807) is 49.6 Å². The molecule has 1 aromatic heterocycles. The Morgan fingerprint density at radius 2 is 1.58 bits per heavy atom. The topological polar surface area (TPSA) is 102 Å². The summed E-state index contributed by atoms with van der Waals surface area (Å²) >= 11 is 0. The molecular formula is C34H37N3O6. The third kappa shape index (κ3) is 7.32. The summed E-state index contributed by atoms with van der Waals surface area (Å²) in [6.07, 6.45) is 0.926. The molecule has 1 amide bonds. The summed E-state index contributed by atoms with van der Waals surface area (Å²) in [6, 6.07) is 27.6. The lowest BCUT2D eigenvalue weighted by molar-refractivity contribution is 0.102. The van der Waals surface area contributed by atoms with Gasteiger partial charge in [0.2, 0.25) is 0 Å². The van der Waals surface area contributed by atoms with Crippen LogP contribution in [-0.4, -0.2) is 68.7 Å². The van der Waals surface area contributed by atoms with Gasteiger partial charge in [0.25, 0.3) is 5.91 Å². The first kappa shape index (κ1) is 31.1. The van der Waals surface area contributed by atoms with Crippen LogP contribution in [0.5, 0.6) is 11.5 Å². The van der Waals surface area contributed by atoms with Gasteiger partial charge in [-0.25, -0.2) is 0 Å². The van der Waals surface area contributed by atoms with Gasteiger partial charge in [-0.2, -0.15) is 4.73 Å². The van der Waals surface area contributed by atoms with Crippen molar-refractivity contribution in [1.82, 2.24) is 9.63 Å². The van der Waals surface area contributed by atoms with E-state index in [1.807, 2.05) is 36.4 Å². The normalized spacial score (nSPS) is 10.7. The average molecular weight is 584 g/mol. The summed E-state index contributed by atoms with van der Waals surface area (Å²) in [7, 11) is 6.26. The number of rotatable bonds is 11. The molecule has 0 radical (unpaired) electrons. The van der Waals surface area contributed by atoms with Crippen LogP contribution in [0.25, 0.3) is 21.8 Å². The maximum Gasteiger partial charge on any atom is 0.257 e. The molecule has 0 saturated carbocycles. The number of ether oxygens (including phenoxy) is 2. The van der Waals surface area contributed by atoms with Gasteiger partial charge in [-0.1, -0.05) is 30.3 Å². The molecule has 0 unspecified atom stereocenters. The molecular weight excluding hydrogens is 546 g/mol. The van der Waals surface area contributed by atoms with Crippen molar-refractivity contribution in [1.29, 1.82) is 0 Å². The Morgan fingerprint density at radius 3 is 2.33 bits per heavy atom. The Labute approximate surface area is 250 Å². The Hall–Kier alpha value is -4.86. The molecule has 43 heavy (non-hydrogen) atoms. The molecule has 0 saturated heterocycles. The number of carbonyl (C=O) groups excluding carboxylic acids is 1. The predicted molar refractivity (Wildman–Crippen MR) is 170 cm³/mol. The number of hydrogen-bond acceptors (Lipinski definition) is 7. The van der Waals surface area contributed by atoms with E-state index in [4.69, 9.17) is 19.4 Å². The molecule has 4 aromatic carbocycles. The fourth-order valence-corrected chi connectivity index (χ4v) is 4.84. The summed E-state index contributed by atoms with van der Waals surface area (Å²) in [6.45, 7) is 2.22. The molecule has 5 rings (SSSR count). The number of fused-ring (bicyclic) bond motifs is 2. The van der Waals surface area contributed by atoms with Crippen molar-refractivity contribution in [2.75, 3.05) is 53.4 Å². The van der Waals surface area contributed by atoms with Crippen LogP contribution >= 0.6 is 0 Å². The highest BCUT2D eigenvalue weighted by atomic mass is 16.6. The predicted octanol–water partition coefficient (Wildman–Crippen LogP) is 4.64. The number of aliphatic hydroxyl groups excluding tert-OH is 1. The van der Waals surface area contributed by atoms with Crippen molar-refractivity contribution in [2.24, 2.45) is 0 Å². The maximum absolute atomic E-state index is 13.3. The maximum atomic E-state index is 13.3. The zero-order valence-corrected chi connectivity index (χ0v) is 24.9. The number of methoxy groups -OCH3 is 1. The van der Waals surface area contributed by atoms with E-state index in [2.05, 4.69) is 29.4 Å². The summed E-state index contributed by atoms with van der Waals surface area (Å²) in [5.74, 6) is 1.24. The number of aliphatic hydroxyl groups is 1. The van der Waals surface area contributed by atoms with Crippen molar-refractivity contribution in [3.63, 3.8) is 0 Å². The third-order valence-corrected chi connectivity index (χ3v) is 7.05. The van der Waals surface area contributed by atoms with Gasteiger partial charge in [-0.05, 0) is 79.7 Å². The minimum Gasteiger partial charge on any atom is -0.497 e. The van der Waals surface area contributed by atoms with Crippen LogP contribution in [0, 0.1) is 0 Å². The quantitative estimate of drug-likeness (QED) is 0.219. The number of hydrogen-bond donors (Lipinski definition) is 2. The van der Waals surface area contributed by atoms with Gasteiger partial charge in [0.05, 0.1) is 23.6 Å². The van der Waals surface area contributed by atoms with Gasteiger partial charge in [-0.15, -0.1) is 0 Å². The van der Waals surface area contributed by atoms with Crippen LogP contribution in [0.2, 0.25) is 0 Å². The van der Waals surface area contributed by atoms with Crippen molar-refractivity contribution < 1.29 is 24.2 Å². The molecule has 9 nitrogen and oxygen atoms in total. The fraction of sp³-hybridized carbons (Fsp3) is 0.235. The monoisotopic (exact) mass is 583 g/mol. The van der Waals surface area contributed by atoms with Crippen molar-refractivity contribution in [2.45, 2.75) is 6.42 Å². The largest absolute Gasteiger partial charge is 0.497 e. The molecule has 0 aliphatic carbocycles. The van der Waals surface area contributed by atoms with Crippen molar-refractivity contribution in [3.8, 4) is 11.5 Å². The van der Waals surface area contributed by atoms with E-state index in [-0.39, 0.29) is 11.3 Å². The summed E-state index contributed by atoms with van der Waals surface area (Å²) in [5, 5.41) is 10.9. The molecule has 0 bridgehead atoms. The number of likely N-dealkylation sites (N-methyl/N-ethyl adjacent to an activating group) is 1. The average Bonchev–Trinajstić information content (AvgIpc) is 3.05. The minimum absolute atomic E-state index is 0.147. The van der Waals surface area contributed by atoms with Crippen molar-refractivity contribution >= 4 is 33.4 Å². The summed E-state index contributed by atoms with van der Waals surface area (Å²) < 4.78 is 12.8. The number of pyridine rings is 1. The SMILES string of the molecule is CO.COc1cccc(CCN(C)CCOc2ccc(NC(=O)c3cccc4c(=O)c5ccccc5n(OC)c34)cc2)c1. The molecule has 1 heterocycles. The lowest BCUT2D eigenvalue weighted by Gasteiger charge is -2.17. The summed E-state index contributed by atoms with van der Waals surface area (Å²) in [5.41, 5.74) is 3.06. The highest BCUT2D eigenvalue weighted by Gasteiger charge is 2.18. The first-order valence-electron chi connectivity index (χ1n) is 13.9. The fourth-order valence-electron chi connectivity index (χ4n) is 4.84. The molecule has 5 aromatic rings. The van der Waals surface area contributed by atoms with Gasteiger partial charge >= 0.3 is 0 Å². The Bertz CT molecular complexity index is 1730. The molecule has 0 aliphatic rings. The number of amides is 1. The lowest BCUT2D eigenvalue weighted by Crippen LogP contribution is -2.26. The van der Waals surface area contributed by atoms with Gasteiger partial charge in [0, 0.05) is 31.3 Å². The summed E-state index contributed by atoms with van der Waals surface area (Å²) in [4.78, 5) is 34.4. The smallest absolute Gasteiger partial charge is 0.257 e. The second-order valence-corrected chi connectivity index (χ2v) is 9.76. The molecule has 0 aliphatic heterocycles. The van der Waals surface area contributed by atoms with Crippen LogP contribution < -0.4 is 25.1 Å². The number of nitrogens with one attached hydrogen (secondary N) is 1. The molecule has 9 heteroatoms. The molecule has 0 spiro atoms. The van der Waals surface area contributed by atoms with Crippen LogP contribution in [-0.2, 0) is 6.42 Å². The van der Waals surface area contributed by atoms with E-state index in [9.17, 15) is 9.59 Å². The number of anilines is 1. The zero-order valence-electron chi connectivity index (χ0n) is 24.9. The second-order valence-electron chi connectivity index (χ2n) is 9.76. The van der Waals surface area contributed by atoms with Crippen LogP contribution in [0.3, 0.4) is 0 Å². The van der Waals surface area contributed by atoms with E-state index < -0.39 is 0 Å². The number of para-hydroxylation sites is 2. The number of aromatic nitrogens is 1. The standard InChI is InChI=1S/C33H33N3O5.CH4O/c1-35(19-18-23-8-6-9-26(22-23)39-2)20-21-41-25-16-14-24(15-17-25)34-33(38)29-12-7-11-28-31(29)36(40-3)30-13-5-4-10-27(30)32(28)37;1-2/h4-17,22H,18-21H2,1-3H3,(H,34,38);2H,1H3. The molecule has 0 atom stereocenters. The second kappa shape index (κ2) is 14.9. The van der Waals surface area contributed by atoms with Gasteiger partial charge < -0.3 is 29.6 Å². The van der Waals surface area contributed by atoms with Crippen molar-refractivity contribution in [3.05, 3.63) is 112 Å². The molecule has 2 N–H and O–H groups in total. The first-order valence-corrected chi connectivity index (χ1v) is 13.9. The number of carbonyl (C=O) groups is 1. The zero-order chi connectivity index (χ0) is 30.8. The van der Waals surface area contributed by atoms with Crippen LogP contribution in [0.1, 0.15) is 15.9 Å². The highest BCUT2D eigenvalue weighted by Crippen LogP contribution is 2.23.